The molecule has 1 aromatic heterocycles. The van der Waals surface area contributed by atoms with Crippen LogP contribution in [0.1, 0.15) is 64.0 Å². The zero-order valence-corrected chi connectivity index (χ0v) is 14.3. The van der Waals surface area contributed by atoms with Crippen LogP contribution in [0.15, 0.2) is 0 Å². The standard InChI is InChI=1S/C17H30N4O/c1-4-21-13(2)18-19-16(21)12-20-11-7-9-15(20)14-8-5-6-10-17(14,3)22/h14-15,22H,4-12H2,1-3H3/t14-,15+,17-/m0/s1. The van der Waals surface area contributed by atoms with Gasteiger partial charge in [0.25, 0.3) is 0 Å². The van der Waals surface area contributed by atoms with Crippen LogP contribution in [0.5, 0.6) is 0 Å². The van der Waals surface area contributed by atoms with Gasteiger partial charge in [-0.3, -0.25) is 4.90 Å². The van der Waals surface area contributed by atoms with Gasteiger partial charge in [-0.05, 0) is 53.0 Å². The summed E-state index contributed by atoms with van der Waals surface area (Å²) < 4.78 is 2.20. The molecule has 0 unspecified atom stereocenters. The average Bonchev–Trinajstić information content (AvgIpc) is 3.06. The molecule has 2 heterocycles. The Balaban J connectivity index is 1.75. The molecule has 5 heteroatoms. The minimum atomic E-state index is -0.500. The maximum atomic E-state index is 10.8. The highest BCUT2D eigenvalue weighted by Gasteiger charge is 2.43. The third kappa shape index (κ3) is 2.93. The van der Waals surface area contributed by atoms with E-state index in [4.69, 9.17) is 0 Å². The van der Waals surface area contributed by atoms with Crippen molar-refractivity contribution in [1.82, 2.24) is 19.7 Å². The summed E-state index contributed by atoms with van der Waals surface area (Å²) in [6, 6.07) is 0.498. The van der Waals surface area contributed by atoms with Crippen LogP contribution in [0.2, 0.25) is 0 Å². The lowest BCUT2D eigenvalue weighted by Crippen LogP contribution is -2.48. The molecule has 1 aromatic rings. The van der Waals surface area contributed by atoms with E-state index >= 15 is 0 Å². The minimum Gasteiger partial charge on any atom is -0.390 e. The molecule has 5 nitrogen and oxygen atoms in total. The molecule has 1 aliphatic carbocycles. The first kappa shape index (κ1) is 15.9. The van der Waals surface area contributed by atoms with E-state index in [0.29, 0.717) is 12.0 Å². The first-order valence-corrected chi connectivity index (χ1v) is 8.88. The summed E-state index contributed by atoms with van der Waals surface area (Å²) in [5.41, 5.74) is -0.500. The van der Waals surface area contributed by atoms with Gasteiger partial charge in [0.15, 0.2) is 0 Å². The van der Waals surface area contributed by atoms with Crippen molar-refractivity contribution in [2.75, 3.05) is 6.54 Å². The number of aliphatic hydroxyl groups is 1. The fourth-order valence-corrected chi connectivity index (χ4v) is 4.59. The number of rotatable bonds is 4. The van der Waals surface area contributed by atoms with Crippen LogP contribution in [0.3, 0.4) is 0 Å². The van der Waals surface area contributed by atoms with E-state index in [9.17, 15) is 5.11 Å². The molecule has 0 bridgehead atoms. The van der Waals surface area contributed by atoms with Crippen LogP contribution in [0.4, 0.5) is 0 Å². The van der Waals surface area contributed by atoms with Crippen molar-refractivity contribution in [3.05, 3.63) is 11.6 Å². The molecule has 2 aliphatic rings. The summed E-state index contributed by atoms with van der Waals surface area (Å²) in [7, 11) is 0. The van der Waals surface area contributed by atoms with Crippen LogP contribution >= 0.6 is 0 Å². The molecule has 2 fully saturated rings. The van der Waals surface area contributed by atoms with Crippen molar-refractivity contribution in [3.8, 4) is 0 Å². The fourth-order valence-electron chi connectivity index (χ4n) is 4.59. The molecule has 1 saturated carbocycles. The molecule has 124 valence electrons. The van der Waals surface area contributed by atoms with Crippen molar-refractivity contribution < 1.29 is 5.11 Å². The van der Waals surface area contributed by atoms with Gasteiger partial charge in [0.2, 0.25) is 0 Å². The van der Waals surface area contributed by atoms with Gasteiger partial charge in [-0.2, -0.15) is 0 Å². The van der Waals surface area contributed by atoms with Crippen molar-refractivity contribution in [1.29, 1.82) is 0 Å². The van der Waals surface area contributed by atoms with Crippen LogP contribution in [0.25, 0.3) is 0 Å². The molecule has 1 aliphatic heterocycles. The summed E-state index contributed by atoms with van der Waals surface area (Å²) in [5, 5.41) is 19.4. The molecule has 0 spiro atoms. The Bertz CT molecular complexity index is 511. The summed E-state index contributed by atoms with van der Waals surface area (Å²) in [6.07, 6.45) is 6.98. The average molecular weight is 306 g/mol. The van der Waals surface area contributed by atoms with E-state index in [2.05, 4.69) is 26.6 Å². The maximum absolute atomic E-state index is 10.8. The van der Waals surface area contributed by atoms with Crippen LogP contribution in [0, 0.1) is 12.8 Å². The molecule has 0 radical (unpaired) electrons. The number of likely N-dealkylation sites (tertiary alicyclic amines) is 1. The van der Waals surface area contributed by atoms with E-state index < -0.39 is 5.60 Å². The van der Waals surface area contributed by atoms with Gasteiger partial charge in [-0.25, -0.2) is 0 Å². The Morgan fingerprint density at radius 2 is 2.05 bits per heavy atom. The molecule has 1 N–H and O–H groups in total. The van der Waals surface area contributed by atoms with E-state index in [1.54, 1.807) is 0 Å². The lowest BCUT2D eigenvalue weighted by atomic mass is 9.72. The minimum absolute atomic E-state index is 0.405. The second-order valence-corrected chi connectivity index (χ2v) is 7.30. The predicted molar refractivity (Wildman–Crippen MR) is 86.4 cm³/mol. The second kappa shape index (κ2) is 6.28. The molecule has 3 rings (SSSR count). The van der Waals surface area contributed by atoms with Crippen molar-refractivity contribution in [2.45, 2.75) is 84.0 Å². The van der Waals surface area contributed by atoms with Gasteiger partial charge < -0.3 is 9.67 Å². The van der Waals surface area contributed by atoms with Gasteiger partial charge in [-0.15, -0.1) is 10.2 Å². The van der Waals surface area contributed by atoms with Gasteiger partial charge in [-0.1, -0.05) is 12.8 Å². The fraction of sp³-hybridized carbons (Fsp3) is 0.882. The summed E-state index contributed by atoms with van der Waals surface area (Å²) in [4.78, 5) is 2.54. The SMILES string of the molecule is CCn1c(C)nnc1CN1CCC[C@@H]1[C@@H]1CCCC[C@]1(C)O. The van der Waals surface area contributed by atoms with Crippen molar-refractivity contribution >= 4 is 0 Å². The number of hydrogen-bond acceptors (Lipinski definition) is 4. The highest BCUT2D eigenvalue weighted by molar-refractivity contribution is 5.00. The normalized spacial score (nSPS) is 33.5. The number of hydrogen-bond donors (Lipinski definition) is 1. The van der Waals surface area contributed by atoms with E-state index in [1.165, 1.54) is 25.7 Å². The Labute approximate surface area is 133 Å². The van der Waals surface area contributed by atoms with Gasteiger partial charge in [0, 0.05) is 18.5 Å². The number of aromatic nitrogens is 3. The number of aryl methyl sites for hydroxylation is 1. The third-order valence-electron chi connectivity index (χ3n) is 5.80. The van der Waals surface area contributed by atoms with Gasteiger partial charge in [0.1, 0.15) is 11.6 Å². The first-order chi connectivity index (χ1) is 10.5. The van der Waals surface area contributed by atoms with E-state index in [-0.39, 0.29) is 0 Å². The zero-order chi connectivity index (χ0) is 15.7. The van der Waals surface area contributed by atoms with E-state index in [1.807, 2.05) is 13.8 Å². The second-order valence-electron chi connectivity index (χ2n) is 7.30. The molecule has 3 atom stereocenters. The molecule has 0 amide bonds. The van der Waals surface area contributed by atoms with Crippen LogP contribution in [-0.2, 0) is 13.1 Å². The lowest BCUT2D eigenvalue weighted by molar-refractivity contribution is -0.0632. The molecular formula is C17H30N4O. The molecular weight excluding hydrogens is 276 g/mol. The Morgan fingerprint density at radius 1 is 1.23 bits per heavy atom. The highest BCUT2D eigenvalue weighted by atomic mass is 16.3. The van der Waals surface area contributed by atoms with Gasteiger partial charge in [0.05, 0.1) is 12.1 Å². The predicted octanol–water partition coefficient (Wildman–Crippen LogP) is 2.51. The summed E-state index contributed by atoms with van der Waals surface area (Å²) >= 11 is 0. The third-order valence-corrected chi connectivity index (χ3v) is 5.80. The largest absolute Gasteiger partial charge is 0.390 e. The van der Waals surface area contributed by atoms with Gasteiger partial charge >= 0.3 is 0 Å². The molecule has 1 saturated heterocycles. The smallest absolute Gasteiger partial charge is 0.147 e. The van der Waals surface area contributed by atoms with Crippen molar-refractivity contribution in [2.24, 2.45) is 5.92 Å². The zero-order valence-electron chi connectivity index (χ0n) is 14.3. The maximum Gasteiger partial charge on any atom is 0.147 e. The molecule has 0 aromatic carbocycles. The quantitative estimate of drug-likeness (QED) is 0.928. The lowest BCUT2D eigenvalue weighted by Gasteiger charge is -2.43. The van der Waals surface area contributed by atoms with Crippen LogP contribution < -0.4 is 0 Å². The topological polar surface area (TPSA) is 54.2 Å². The Kier molecular flexibility index (Phi) is 4.55. The Morgan fingerprint density at radius 3 is 2.77 bits per heavy atom. The Hall–Kier alpha value is -0.940. The summed E-state index contributed by atoms with van der Waals surface area (Å²) in [5.74, 6) is 2.48. The van der Waals surface area contributed by atoms with Crippen LogP contribution in [-0.4, -0.2) is 43.0 Å². The summed E-state index contributed by atoms with van der Waals surface area (Å²) in [6.45, 7) is 9.12. The van der Waals surface area contributed by atoms with E-state index in [0.717, 1.165) is 44.1 Å². The van der Waals surface area contributed by atoms with Crippen molar-refractivity contribution in [3.63, 3.8) is 0 Å². The highest BCUT2D eigenvalue weighted by Crippen LogP contribution is 2.40. The molecule has 22 heavy (non-hydrogen) atoms. The number of nitrogens with zero attached hydrogens (tertiary/aromatic N) is 4. The monoisotopic (exact) mass is 306 g/mol. The first-order valence-electron chi connectivity index (χ1n) is 8.88.